The first kappa shape index (κ1) is 29.7. The molecule has 186 valence electrons. The summed E-state index contributed by atoms with van der Waals surface area (Å²) >= 11 is 12.6. The van der Waals surface area contributed by atoms with Crippen LogP contribution in [0.3, 0.4) is 0 Å². The Morgan fingerprint density at radius 1 is 0.545 bits per heavy atom. The molecule has 0 radical (unpaired) electrons. The second-order valence-electron chi connectivity index (χ2n) is 8.01. The highest BCUT2D eigenvalue weighted by Crippen LogP contribution is 2.27. The number of rotatable bonds is 18. The Bertz CT molecular complexity index is 732. The maximum atomic E-state index is 12.5. The Morgan fingerprint density at radius 3 is 1.42 bits per heavy atom. The van der Waals surface area contributed by atoms with Crippen LogP contribution in [-0.2, 0) is 14.4 Å². The van der Waals surface area contributed by atoms with Crippen molar-refractivity contribution in [1.82, 2.24) is 0 Å². The molecule has 0 heterocycles. The smallest absolute Gasteiger partial charge is 0.224 e. The van der Waals surface area contributed by atoms with Gasteiger partial charge in [0.25, 0.3) is 0 Å². The van der Waals surface area contributed by atoms with Gasteiger partial charge >= 0.3 is 0 Å². The fraction of sp³-hybridized carbons (Fsp3) is 0.625. The van der Waals surface area contributed by atoms with Gasteiger partial charge in [0, 0.05) is 24.9 Å². The van der Waals surface area contributed by atoms with E-state index >= 15 is 0 Å². The predicted octanol–water partition coefficient (Wildman–Crippen LogP) is 5.97. The van der Waals surface area contributed by atoms with E-state index in [1.807, 2.05) is 0 Å². The minimum Gasteiger partial charge on any atom is -0.326 e. The van der Waals surface area contributed by atoms with Gasteiger partial charge in [-0.3, -0.25) is 14.4 Å². The van der Waals surface area contributed by atoms with E-state index in [1.165, 1.54) is 0 Å². The minimum atomic E-state index is -0.117. The third kappa shape index (κ3) is 14.5. The monoisotopic (exact) mass is 513 g/mol. The Kier molecular flexibility index (Phi) is 17.1. The number of hydrogen-bond donors (Lipinski definition) is 6. The van der Waals surface area contributed by atoms with Crippen molar-refractivity contribution in [2.75, 3.05) is 33.2 Å². The normalized spacial score (nSPS) is 10.6. The molecule has 9 heteroatoms. The quantitative estimate of drug-likeness (QED) is 0.108. The highest BCUT2D eigenvalue weighted by atomic mass is 32.1. The molecule has 3 amide bonds. The lowest BCUT2D eigenvalue weighted by molar-refractivity contribution is -0.117. The zero-order valence-corrected chi connectivity index (χ0v) is 22.1. The molecule has 33 heavy (non-hydrogen) atoms. The molecule has 3 N–H and O–H groups in total. The van der Waals surface area contributed by atoms with Gasteiger partial charge in [-0.1, -0.05) is 19.3 Å². The summed E-state index contributed by atoms with van der Waals surface area (Å²) in [6.45, 7) is 0. The van der Waals surface area contributed by atoms with E-state index in [0.29, 0.717) is 36.3 Å². The average Bonchev–Trinajstić information content (AvgIpc) is 2.79. The zero-order valence-electron chi connectivity index (χ0n) is 19.4. The van der Waals surface area contributed by atoms with Crippen LogP contribution in [0.1, 0.15) is 77.0 Å². The summed E-state index contributed by atoms with van der Waals surface area (Å²) in [4.78, 5) is 37.1. The van der Waals surface area contributed by atoms with Crippen LogP contribution in [0.2, 0.25) is 0 Å². The van der Waals surface area contributed by atoms with Crippen LogP contribution in [0.5, 0.6) is 0 Å². The largest absolute Gasteiger partial charge is 0.326 e. The van der Waals surface area contributed by atoms with Crippen molar-refractivity contribution in [3.8, 4) is 0 Å². The third-order valence-electron chi connectivity index (χ3n) is 5.04. The molecule has 0 saturated heterocycles. The van der Waals surface area contributed by atoms with Crippen molar-refractivity contribution in [2.24, 2.45) is 0 Å². The maximum absolute atomic E-state index is 12.5. The first-order chi connectivity index (χ1) is 16.0. The lowest BCUT2D eigenvalue weighted by atomic mass is 10.1. The number of benzene rings is 1. The molecule has 0 saturated carbocycles. The van der Waals surface area contributed by atoms with E-state index in [9.17, 15) is 14.4 Å². The lowest BCUT2D eigenvalue weighted by Gasteiger charge is -2.15. The molecule has 0 fully saturated rings. The Morgan fingerprint density at radius 2 is 0.970 bits per heavy atom. The molecular formula is C24H39N3O3S3. The van der Waals surface area contributed by atoms with Crippen LogP contribution < -0.4 is 16.0 Å². The number of hydrogen-bond acceptors (Lipinski definition) is 6. The molecule has 1 aromatic rings. The predicted molar refractivity (Wildman–Crippen MR) is 149 cm³/mol. The van der Waals surface area contributed by atoms with Gasteiger partial charge in [0.2, 0.25) is 17.7 Å². The molecule has 1 rings (SSSR count). The molecular weight excluding hydrogens is 474 g/mol. The van der Waals surface area contributed by atoms with Gasteiger partial charge in [0.15, 0.2) is 0 Å². The number of nitrogens with one attached hydrogen (secondary N) is 3. The van der Waals surface area contributed by atoms with Gasteiger partial charge in [-0.05, 0) is 74.0 Å². The van der Waals surface area contributed by atoms with Crippen LogP contribution in [0, 0.1) is 0 Å². The van der Waals surface area contributed by atoms with Crippen molar-refractivity contribution in [3.63, 3.8) is 0 Å². The Hall–Kier alpha value is -1.32. The number of amides is 3. The van der Waals surface area contributed by atoms with E-state index in [4.69, 9.17) is 0 Å². The summed E-state index contributed by atoms with van der Waals surface area (Å²) in [5.74, 6) is 2.16. The molecule has 1 aromatic carbocycles. The van der Waals surface area contributed by atoms with Gasteiger partial charge in [-0.2, -0.15) is 37.9 Å². The van der Waals surface area contributed by atoms with Gasteiger partial charge in [0.1, 0.15) is 0 Å². The van der Waals surface area contributed by atoms with E-state index < -0.39 is 0 Å². The first-order valence-corrected chi connectivity index (χ1v) is 13.8. The fourth-order valence-electron chi connectivity index (χ4n) is 3.21. The van der Waals surface area contributed by atoms with Crippen LogP contribution >= 0.6 is 37.9 Å². The summed E-state index contributed by atoms with van der Waals surface area (Å²) in [7, 11) is 0. The second kappa shape index (κ2) is 19.0. The van der Waals surface area contributed by atoms with E-state index in [0.717, 1.165) is 75.0 Å². The zero-order chi connectivity index (χ0) is 24.3. The first-order valence-electron chi connectivity index (χ1n) is 11.9. The Balaban J connectivity index is 2.78. The highest BCUT2D eigenvalue weighted by Gasteiger charge is 2.12. The van der Waals surface area contributed by atoms with Crippen LogP contribution in [0.25, 0.3) is 0 Å². The minimum absolute atomic E-state index is 0.0702. The number of unbranched alkanes of at least 4 members (excludes halogenated alkanes) is 6. The summed E-state index contributed by atoms with van der Waals surface area (Å²) < 4.78 is 0. The number of thiol groups is 3. The van der Waals surface area contributed by atoms with Crippen molar-refractivity contribution < 1.29 is 14.4 Å². The molecule has 0 aromatic heterocycles. The second-order valence-corrected chi connectivity index (χ2v) is 9.35. The van der Waals surface area contributed by atoms with Gasteiger partial charge in [0.05, 0.1) is 11.4 Å². The number of carbonyl (C=O) groups is 3. The van der Waals surface area contributed by atoms with Crippen LogP contribution in [0.15, 0.2) is 18.2 Å². The van der Waals surface area contributed by atoms with Crippen molar-refractivity contribution in [3.05, 3.63) is 18.2 Å². The Labute approximate surface area is 215 Å². The van der Waals surface area contributed by atoms with E-state index in [-0.39, 0.29) is 17.7 Å². The van der Waals surface area contributed by atoms with E-state index in [2.05, 4.69) is 53.8 Å². The molecule has 0 aliphatic rings. The van der Waals surface area contributed by atoms with Crippen LogP contribution in [-0.4, -0.2) is 35.0 Å². The number of anilines is 3. The summed E-state index contributed by atoms with van der Waals surface area (Å²) in [5.41, 5.74) is 1.61. The molecule has 0 bridgehead atoms. The fourth-order valence-corrected chi connectivity index (χ4v) is 3.88. The molecule has 0 atom stereocenters. The summed E-state index contributed by atoms with van der Waals surface area (Å²) in [6, 6.07) is 5.16. The van der Waals surface area contributed by atoms with Gasteiger partial charge in [-0.25, -0.2) is 0 Å². The molecule has 0 unspecified atom stereocenters. The van der Waals surface area contributed by atoms with Gasteiger partial charge < -0.3 is 16.0 Å². The topological polar surface area (TPSA) is 87.3 Å². The van der Waals surface area contributed by atoms with E-state index in [1.54, 1.807) is 18.2 Å². The molecule has 6 nitrogen and oxygen atoms in total. The third-order valence-corrected chi connectivity index (χ3v) is 5.99. The molecule has 0 spiro atoms. The summed E-state index contributed by atoms with van der Waals surface area (Å²) in [5, 5.41) is 8.68. The lowest BCUT2D eigenvalue weighted by Crippen LogP contribution is -2.17. The summed E-state index contributed by atoms with van der Waals surface area (Å²) in [6.07, 6.45) is 9.42. The average molecular weight is 514 g/mol. The van der Waals surface area contributed by atoms with Crippen LogP contribution in [0.4, 0.5) is 17.1 Å². The van der Waals surface area contributed by atoms with Crippen molar-refractivity contribution in [1.29, 1.82) is 0 Å². The molecule has 0 aliphatic carbocycles. The number of carbonyl (C=O) groups excluding carboxylic acids is 3. The van der Waals surface area contributed by atoms with Crippen molar-refractivity contribution >= 4 is 72.7 Å². The highest BCUT2D eigenvalue weighted by molar-refractivity contribution is 7.80. The standard InChI is InChI=1S/C24H39N3O3S3/c28-22(10-4-1-7-15-31)25-19-13-14-20(26-23(29)11-5-2-8-16-32)21(18-19)27-24(30)12-6-3-9-17-33/h13-14,18,31-33H,1-12,15-17H2,(H,25,28)(H,26,29)(H,27,30). The SMILES string of the molecule is O=C(CCCCCS)Nc1ccc(NC(=O)CCCCCS)c(NC(=O)CCCCCS)c1. The van der Waals surface area contributed by atoms with Gasteiger partial charge in [-0.15, -0.1) is 0 Å². The maximum Gasteiger partial charge on any atom is 0.224 e. The van der Waals surface area contributed by atoms with Crippen molar-refractivity contribution in [2.45, 2.75) is 77.0 Å². The molecule has 0 aliphatic heterocycles.